The third kappa shape index (κ3) is 4.38. The summed E-state index contributed by atoms with van der Waals surface area (Å²) in [5.74, 6) is -8.47. The number of thioether (sulfide) groups is 1. The van der Waals surface area contributed by atoms with Crippen molar-refractivity contribution in [2.24, 2.45) is 5.92 Å². The Labute approximate surface area is 221 Å². The molecule has 0 aliphatic carbocycles. The molecule has 0 N–H and O–H groups in total. The third-order valence-electron chi connectivity index (χ3n) is 5.73. The second-order valence-electron chi connectivity index (χ2n) is 7.87. The summed E-state index contributed by atoms with van der Waals surface area (Å²) in [5.41, 5.74) is 0.275. The van der Waals surface area contributed by atoms with Crippen molar-refractivity contribution in [2.45, 2.75) is 46.7 Å². The average molecular weight is 751 g/mol. The van der Waals surface area contributed by atoms with E-state index in [2.05, 4.69) is 45.2 Å². The predicted molar refractivity (Wildman–Crippen MR) is 124 cm³/mol. The van der Waals surface area contributed by atoms with Crippen molar-refractivity contribution in [2.75, 3.05) is 6.61 Å². The van der Waals surface area contributed by atoms with Crippen LogP contribution in [-0.2, 0) is 24.4 Å². The molecule has 1 spiro atoms. The predicted octanol–water partition coefficient (Wildman–Crippen LogP) is 3.74. The number of fused-ring (bicyclic) bond motifs is 4. The molecule has 4 atom stereocenters. The number of hydrogen-bond donors (Lipinski definition) is 0. The SMILES string of the molecule is O=C1OC2(CC3SC2CC3C(=O)OCCC(F)(F)C(F)(F)S(=O)(=O)[O-])Oc2cc(I)c(I)cc21. The van der Waals surface area contributed by atoms with Gasteiger partial charge < -0.3 is 18.8 Å². The van der Waals surface area contributed by atoms with Gasteiger partial charge in [0.15, 0.2) is 10.1 Å². The van der Waals surface area contributed by atoms with Crippen molar-refractivity contribution < 1.29 is 54.3 Å². The molecule has 8 nitrogen and oxygen atoms in total. The minimum Gasteiger partial charge on any atom is -0.743 e. The molecule has 0 amide bonds. The van der Waals surface area contributed by atoms with E-state index in [9.17, 15) is 40.1 Å². The molecule has 2 fully saturated rings. The molecule has 4 unspecified atom stereocenters. The summed E-state index contributed by atoms with van der Waals surface area (Å²) in [6, 6.07) is 3.35. The van der Waals surface area contributed by atoms with Crippen LogP contribution in [0, 0.1) is 13.1 Å². The Kier molecular flexibility index (Phi) is 6.82. The first-order chi connectivity index (χ1) is 15.6. The van der Waals surface area contributed by atoms with Crippen molar-refractivity contribution in [1.29, 1.82) is 0 Å². The van der Waals surface area contributed by atoms with Crippen LogP contribution in [0.3, 0.4) is 0 Å². The number of ether oxygens (including phenoxy) is 3. The molecule has 188 valence electrons. The fourth-order valence-electron chi connectivity index (χ4n) is 4.00. The smallest absolute Gasteiger partial charge is 0.396 e. The van der Waals surface area contributed by atoms with Crippen molar-refractivity contribution in [3.05, 3.63) is 24.8 Å². The Morgan fingerprint density at radius 1 is 1.24 bits per heavy atom. The molecule has 0 radical (unpaired) electrons. The monoisotopic (exact) mass is 751 g/mol. The highest BCUT2D eigenvalue weighted by molar-refractivity contribution is 14.1. The van der Waals surface area contributed by atoms with Crippen LogP contribution in [0.1, 0.15) is 29.6 Å². The highest BCUT2D eigenvalue weighted by Crippen LogP contribution is 2.58. The fourth-order valence-corrected chi connectivity index (χ4v) is 7.25. The van der Waals surface area contributed by atoms with Gasteiger partial charge in [0.25, 0.3) is 5.79 Å². The van der Waals surface area contributed by atoms with Gasteiger partial charge in [0, 0.05) is 18.8 Å². The quantitative estimate of drug-likeness (QED) is 0.186. The zero-order valence-electron chi connectivity index (χ0n) is 16.6. The van der Waals surface area contributed by atoms with E-state index in [1.165, 1.54) is 11.8 Å². The van der Waals surface area contributed by atoms with E-state index in [4.69, 9.17) is 14.2 Å². The summed E-state index contributed by atoms with van der Waals surface area (Å²) in [6.45, 7) is -1.21. The molecule has 0 saturated carbocycles. The lowest BCUT2D eigenvalue weighted by atomic mass is 9.84. The molecule has 2 saturated heterocycles. The lowest BCUT2D eigenvalue weighted by Gasteiger charge is -2.40. The molecule has 16 heteroatoms. The Hall–Kier alpha value is -0.600. The van der Waals surface area contributed by atoms with Gasteiger partial charge in [0.05, 0.1) is 24.2 Å². The molecular weight excluding hydrogens is 738 g/mol. The maximum Gasteiger partial charge on any atom is 0.396 e. The van der Waals surface area contributed by atoms with Crippen LogP contribution in [0.15, 0.2) is 12.1 Å². The zero-order chi connectivity index (χ0) is 25.3. The van der Waals surface area contributed by atoms with E-state index >= 15 is 0 Å². The topological polar surface area (TPSA) is 119 Å². The average Bonchev–Trinajstić information content (AvgIpc) is 3.26. The Morgan fingerprint density at radius 3 is 2.47 bits per heavy atom. The van der Waals surface area contributed by atoms with Crippen molar-refractivity contribution >= 4 is 79.0 Å². The first-order valence-electron chi connectivity index (χ1n) is 9.52. The second kappa shape index (κ2) is 8.76. The summed E-state index contributed by atoms with van der Waals surface area (Å²) in [7, 11) is -6.61. The van der Waals surface area contributed by atoms with Gasteiger partial charge in [-0.1, -0.05) is 0 Å². The minimum atomic E-state index is -6.61. The van der Waals surface area contributed by atoms with E-state index in [0.29, 0.717) is 5.75 Å². The van der Waals surface area contributed by atoms with Crippen LogP contribution in [0.4, 0.5) is 17.6 Å². The number of rotatable bonds is 6. The highest BCUT2D eigenvalue weighted by atomic mass is 127. The zero-order valence-corrected chi connectivity index (χ0v) is 22.5. The molecule has 3 aliphatic rings. The maximum absolute atomic E-state index is 13.5. The van der Waals surface area contributed by atoms with Crippen molar-refractivity contribution in [3.8, 4) is 5.75 Å². The number of hydrogen-bond acceptors (Lipinski definition) is 9. The fraction of sp³-hybridized carbons (Fsp3) is 0.556. The van der Waals surface area contributed by atoms with Gasteiger partial charge in [-0.05, 0) is 63.7 Å². The lowest BCUT2D eigenvalue weighted by Crippen LogP contribution is -2.53. The summed E-state index contributed by atoms with van der Waals surface area (Å²) in [5, 5.41) is -6.74. The largest absolute Gasteiger partial charge is 0.743 e. The van der Waals surface area contributed by atoms with E-state index in [-0.39, 0.29) is 18.4 Å². The molecular formula is C18H13F4I2O8S2-. The van der Waals surface area contributed by atoms with Gasteiger partial charge in [0.1, 0.15) is 11.3 Å². The number of alkyl halides is 4. The minimum absolute atomic E-state index is 0.124. The van der Waals surface area contributed by atoms with Gasteiger partial charge >= 0.3 is 23.1 Å². The van der Waals surface area contributed by atoms with Crippen LogP contribution in [0.25, 0.3) is 0 Å². The highest BCUT2D eigenvalue weighted by Gasteiger charge is 2.64. The summed E-state index contributed by atoms with van der Waals surface area (Å²) < 4.78 is 103. The van der Waals surface area contributed by atoms with Crippen LogP contribution < -0.4 is 4.74 Å². The molecule has 1 aromatic carbocycles. The maximum atomic E-state index is 13.5. The summed E-state index contributed by atoms with van der Waals surface area (Å²) in [6.07, 6.45) is -1.60. The standard InChI is InChI=1S/C18H14F4I2O8S2/c19-17(20,18(21,22)34(27,28)29)1-2-30-14(25)8-4-13-16(6-12(8)33-13)31-11-5-10(24)9(23)3-7(11)15(26)32-16/h3,5,8,12-13H,1-2,4,6H2,(H,27,28,29)/p-1. The van der Waals surface area contributed by atoms with Crippen LogP contribution in [-0.4, -0.2) is 59.0 Å². The van der Waals surface area contributed by atoms with E-state index in [1.807, 2.05) is 0 Å². The van der Waals surface area contributed by atoms with E-state index in [0.717, 1.165) is 7.14 Å². The van der Waals surface area contributed by atoms with Gasteiger partial charge in [-0.2, -0.15) is 17.6 Å². The molecule has 3 heterocycles. The number of carbonyl (C=O) groups excluding carboxylic acids is 2. The van der Waals surface area contributed by atoms with Crippen LogP contribution in [0.2, 0.25) is 0 Å². The molecule has 2 bridgehead atoms. The van der Waals surface area contributed by atoms with E-state index < -0.39 is 68.5 Å². The Balaban J connectivity index is 1.38. The van der Waals surface area contributed by atoms with Crippen LogP contribution in [0.5, 0.6) is 5.75 Å². The number of halogens is 6. The first-order valence-corrected chi connectivity index (χ1v) is 14.0. The first kappa shape index (κ1) is 26.5. The lowest BCUT2D eigenvalue weighted by molar-refractivity contribution is -0.180. The molecule has 34 heavy (non-hydrogen) atoms. The van der Waals surface area contributed by atoms with E-state index in [1.54, 1.807) is 12.1 Å². The van der Waals surface area contributed by atoms with Gasteiger partial charge in [-0.3, -0.25) is 4.79 Å². The van der Waals surface area contributed by atoms with Crippen molar-refractivity contribution in [1.82, 2.24) is 0 Å². The van der Waals surface area contributed by atoms with Gasteiger partial charge in [0.2, 0.25) is 0 Å². The summed E-state index contributed by atoms with van der Waals surface area (Å²) in [4.78, 5) is 25.0. The second-order valence-corrected chi connectivity index (χ2v) is 13.1. The normalized spacial score (nSPS) is 28.4. The molecule has 1 aromatic rings. The Morgan fingerprint density at radius 2 is 1.88 bits per heavy atom. The van der Waals surface area contributed by atoms with Gasteiger partial charge in [-0.25, -0.2) is 13.2 Å². The molecule has 0 aromatic heterocycles. The number of benzene rings is 1. The Bertz CT molecular complexity index is 1160. The van der Waals surface area contributed by atoms with Crippen LogP contribution >= 0.6 is 56.9 Å². The molecule has 3 aliphatic heterocycles. The molecule has 4 rings (SSSR count). The van der Waals surface area contributed by atoms with Gasteiger partial charge in [-0.15, -0.1) is 11.8 Å². The third-order valence-corrected chi connectivity index (χ3v) is 11.2. The number of esters is 2. The summed E-state index contributed by atoms with van der Waals surface area (Å²) >= 11 is 5.48. The number of carbonyl (C=O) groups is 2. The van der Waals surface area contributed by atoms with Crippen molar-refractivity contribution in [3.63, 3.8) is 0 Å².